The van der Waals surface area contributed by atoms with Crippen molar-refractivity contribution in [3.05, 3.63) is 115 Å². The molecular weight excluding hydrogens is 441 g/mol. The normalized spacial score (nSPS) is 11.8. The van der Waals surface area contributed by atoms with Crippen molar-refractivity contribution in [2.75, 3.05) is 5.32 Å². The highest BCUT2D eigenvalue weighted by Crippen LogP contribution is 2.38. The first-order chi connectivity index (χ1) is 14.5. The molecule has 0 aliphatic carbocycles. The standard InChI is InChI=1S/C22H15Cl2N3O2S/c23-16-7-4-14(5-8-16)21(22-25-10-11-30-22)15-6-9-20(27(28)29)19(12-15)26-18-3-1-2-17(24)13-18/h1-13,21,26H. The van der Waals surface area contributed by atoms with Crippen molar-refractivity contribution in [3.63, 3.8) is 0 Å². The van der Waals surface area contributed by atoms with Crippen LogP contribution in [0.4, 0.5) is 17.1 Å². The second-order valence-corrected chi connectivity index (χ2v) is 8.32. The van der Waals surface area contributed by atoms with E-state index in [0.29, 0.717) is 21.4 Å². The van der Waals surface area contributed by atoms with E-state index in [1.807, 2.05) is 29.6 Å². The SMILES string of the molecule is O=[N+]([O-])c1ccc(C(c2ccc(Cl)cc2)c2nccs2)cc1Nc1cccc(Cl)c1. The first kappa shape index (κ1) is 20.3. The van der Waals surface area contributed by atoms with E-state index in [1.54, 1.807) is 42.6 Å². The van der Waals surface area contributed by atoms with Gasteiger partial charge in [0.1, 0.15) is 10.7 Å². The predicted octanol–water partition coefficient (Wildman–Crippen LogP) is 7.28. The van der Waals surface area contributed by atoms with Gasteiger partial charge in [0.15, 0.2) is 0 Å². The summed E-state index contributed by atoms with van der Waals surface area (Å²) in [7, 11) is 0. The minimum absolute atomic E-state index is 0.0206. The van der Waals surface area contributed by atoms with Crippen LogP contribution in [-0.4, -0.2) is 9.91 Å². The smallest absolute Gasteiger partial charge is 0.292 e. The Hall–Kier alpha value is -2.93. The van der Waals surface area contributed by atoms with Crippen molar-refractivity contribution in [1.29, 1.82) is 0 Å². The lowest BCUT2D eigenvalue weighted by atomic mass is 9.91. The van der Waals surface area contributed by atoms with Crippen LogP contribution in [-0.2, 0) is 0 Å². The molecular formula is C22H15Cl2N3O2S. The summed E-state index contributed by atoms with van der Waals surface area (Å²) in [5.74, 6) is -0.178. The van der Waals surface area contributed by atoms with E-state index in [9.17, 15) is 10.1 Å². The highest BCUT2D eigenvalue weighted by Gasteiger charge is 2.23. The van der Waals surface area contributed by atoms with Gasteiger partial charge in [-0.05, 0) is 47.5 Å². The van der Waals surface area contributed by atoms with Gasteiger partial charge in [0.05, 0.1) is 10.8 Å². The molecule has 5 nitrogen and oxygen atoms in total. The predicted molar refractivity (Wildman–Crippen MR) is 122 cm³/mol. The minimum Gasteiger partial charge on any atom is -0.350 e. The lowest BCUT2D eigenvalue weighted by molar-refractivity contribution is -0.383. The highest BCUT2D eigenvalue weighted by molar-refractivity contribution is 7.09. The second kappa shape index (κ2) is 8.83. The van der Waals surface area contributed by atoms with Crippen LogP contribution in [0, 0.1) is 10.1 Å². The van der Waals surface area contributed by atoms with Crippen molar-refractivity contribution >= 4 is 51.6 Å². The molecule has 3 aromatic carbocycles. The number of benzene rings is 3. The first-order valence-corrected chi connectivity index (χ1v) is 10.6. The molecule has 0 aliphatic heterocycles. The van der Waals surface area contributed by atoms with E-state index in [-0.39, 0.29) is 11.6 Å². The number of hydrogen-bond acceptors (Lipinski definition) is 5. The maximum Gasteiger partial charge on any atom is 0.292 e. The van der Waals surface area contributed by atoms with Crippen LogP contribution in [0.2, 0.25) is 10.0 Å². The van der Waals surface area contributed by atoms with E-state index in [4.69, 9.17) is 23.2 Å². The maximum absolute atomic E-state index is 11.6. The maximum atomic E-state index is 11.6. The fraction of sp³-hybridized carbons (Fsp3) is 0.0455. The van der Waals surface area contributed by atoms with Gasteiger partial charge in [0, 0.05) is 33.4 Å². The van der Waals surface area contributed by atoms with Gasteiger partial charge in [0.2, 0.25) is 0 Å². The highest BCUT2D eigenvalue weighted by atomic mass is 35.5. The van der Waals surface area contributed by atoms with Crippen LogP contribution in [0.1, 0.15) is 22.1 Å². The molecule has 8 heteroatoms. The molecule has 0 amide bonds. The van der Waals surface area contributed by atoms with E-state index >= 15 is 0 Å². The fourth-order valence-corrected chi connectivity index (χ4v) is 4.33. The van der Waals surface area contributed by atoms with Gasteiger partial charge in [0.25, 0.3) is 5.69 Å². The zero-order chi connectivity index (χ0) is 21.1. The van der Waals surface area contributed by atoms with Crippen LogP contribution in [0.3, 0.4) is 0 Å². The summed E-state index contributed by atoms with van der Waals surface area (Å²) in [4.78, 5) is 15.7. The second-order valence-electron chi connectivity index (χ2n) is 6.52. The van der Waals surface area contributed by atoms with Gasteiger partial charge in [-0.25, -0.2) is 4.98 Å². The first-order valence-electron chi connectivity index (χ1n) is 8.97. The van der Waals surface area contributed by atoms with Gasteiger partial charge < -0.3 is 5.32 Å². The van der Waals surface area contributed by atoms with Crippen LogP contribution < -0.4 is 5.32 Å². The number of hydrogen-bond donors (Lipinski definition) is 1. The quantitative estimate of drug-likeness (QED) is 0.245. The molecule has 0 aliphatic rings. The summed E-state index contributed by atoms with van der Waals surface area (Å²) >= 11 is 13.7. The van der Waals surface area contributed by atoms with Gasteiger partial charge in [-0.2, -0.15) is 0 Å². The Morgan fingerprint density at radius 3 is 2.40 bits per heavy atom. The van der Waals surface area contributed by atoms with Crippen molar-refractivity contribution in [1.82, 2.24) is 4.98 Å². The molecule has 0 saturated carbocycles. The summed E-state index contributed by atoms with van der Waals surface area (Å²) in [6.45, 7) is 0. The number of aromatic nitrogens is 1. The van der Waals surface area contributed by atoms with E-state index in [0.717, 1.165) is 16.1 Å². The molecule has 0 fully saturated rings. The molecule has 0 radical (unpaired) electrons. The zero-order valence-corrected chi connectivity index (χ0v) is 17.8. The van der Waals surface area contributed by atoms with Gasteiger partial charge in [-0.1, -0.05) is 47.5 Å². The Morgan fingerprint density at radius 1 is 0.967 bits per heavy atom. The molecule has 1 unspecified atom stereocenters. The number of nitro groups is 1. The molecule has 0 bridgehead atoms. The van der Waals surface area contributed by atoms with Crippen LogP contribution >= 0.6 is 34.5 Å². The zero-order valence-electron chi connectivity index (χ0n) is 15.5. The molecule has 1 atom stereocenters. The van der Waals surface area contributed by atoms with E-state index in [2.05, 4.69) is 10.3 Å². The topological polar surface area (TPSA) is 68.1 Å². The number of anilines is 2. The minimum atomic E-state index is -0.405. The molecule has 30 heavy (non-hydrogen) atoms. The van der Waals surface area contributed by atoms with E-state index in [1.165, 1.54) is 17.4 Å². The summed E-state index contributed by atoms with van der Waals surface area (Å²) in [6, 6.07) is 19.7. The third-order valence-electron chi connectivity index (χ3n) is 4.56. The molecule has 150 valence electrons. The molecule has 4 aromatic rings. The fourth-order valence-electron chi connectivity index (χ4n) is 3.22. The van der Waals surface area contributed by atoms with Gasteiger partial charge in [-0.3, -0.25) is 10.1 Å². The molecule has 0 spiro atoms. The van der Waals surface area contributed by atoms with Crippen LogP contribution in [0.15, 0.2) is 78.3 Å². The summed E-state index contributed by atoms with van der Waals surface area (Å²) in [5, 5.41) is 18.7. The number of thiazole rings is 1. The average molecular weight is 456 g/mol. The Balaban J connectivity index is 1.81. The Bertz CT molecular complexity index is 1180. The van der Waals surface area contributed by atoms with Crippen molar-refractivity contribution in [2.24, 2.45) is 0 Å². The number of rotatable bonds is 6. The third kappa shape index (κ3) is 4.46. The summed E-state index contributed by atoms with van der Waals surface area (Å²) in [5.41, 5.74) is 2.90. The Kier molecular flexibility index (Phi) is 5.99. The third-order valence-corrected chi connectivity index (χ3v) is 5.88. The molecule has 0 saturated heterocycles. The molecule has 4 rings (SSSR count). The summed E-state index contributed by atoms with van der Waals surface area (Å²) in [6.07, 6.45) is 1.75. The summed E-state index contributed by atoms with van der Waals surface area (Å²) < 4.78 is 0. The number of nitrogens with zero attached hydrogens (tertiary/aromatic N) is 2. The van der Waals surface area contributed by atoms with Crippen molar-refractivity contribution < 1.29 is 4.92 Å². The molecule has 1 N–H and O–H groups in total. The number of halogens is 2. The Labute approximate surface area is 187 Å². The van der Waals surface area contributed by atoms with Gasteiger partial charge >= 0.3 is 0 Å². The molecule has 1 heterocycles. The largest absolute Gasteiger partial charge is 0.350 e. The number of nitrogens with one attached hydrogen (secondary N) is 1. The lowest BCUT2D eigenvalue weighted by Crippen LogP contribution is -2.05. The van der Waals surface area contributed by atoms with Crippen molar-refractivity contribution in [3.8, 4) is 0 Å². The van der Waals surface area contributed by atoms with Crippen LogP contribution in [0.5, 0.6) is 0 Å². The van der Waals surface area contributed by atoms with E-state index < -0.39 is 4.92 Å². The van der Waals surface area contributed by atoms with Crippen molar-refractivity contribution in [2.45, 2.75) is 5.92 Å². The van der Waals surface area contributed by atoms with Gasteiger partial charge in [-0.15, -0.1) is 11.3 Å². The lowest BCUT2D eigenvalue weighted by Gasteiger charge is -2.17. The number of nitro benzene ring substituents is 1. The monoisotopic (exact) mass is 455 g/mol. The Morgan fingerprint density at radius 2 is 1.73 bits per heavy atom. The molecule has 1 aromatic heterocycles. The van der Waals surface area contributed by atoms with Crippen LogP contribution in [0.25, 0.3) is 0 Å². The average Bonchev–Trinajstić information content (AvgIpc) is 3.24.